The largest absolute Gasteiger partial charge is 0.453 e. The molecule has 0 spiro atoms. The van der Waals surface area contributed by atoms with Crippen LogP contribution in [0.5, 0.6) is 0 Å². The van der Waals surface area contributed by atoms with Gasteiger partial charge in [-0.3, -0.25) is 9.59 Å². The van der Waals surface area contributed by atoms with Gasteiger partial charge in [0, 0.05) is 50.8 Å². The summed E-state index contributed by atoms with van der Waals surface area (Å²) in [5.41, 5.74) is 6.24. The summed E-state index contributed by atoms with van der Waals surface area (Å²) in [7, 11) is 4.15. The number of nitrogens with one attached hydrogen (secondary N) is 3. The summed E-state index contributed by atoms with van der Waals surface area (Å²) in [4.78, 5) is 69.6. The quantitative estimate of drug-likeness (QED) is 0.224. The zero-order valence-corrected chi connectivity index (χ0v) is 31.2. The number of rotatable bonds is 10. The van der Waals surface area contributed by atoms with Crippen LogP contribution in [0, 0.1) is 23.7 Å². The zero-order chi connectivity index (χ0) is 39.0. The molecule has 0 saturated carbocycles. The number of benzene rings is 1. The highest BCUT2D eigenvalue weighted by atomic mass is 16.6. The number of carbonyl (C=O) groups excluding carboxylic acids is 4. The number of H-pyrrole nitrogens is 2. The molecule has 0 aliphatic carbocycles. The Morgan fingerprint density at radius 2 is 1.37 bits per heavy atom. The van der Waals surface area contributed by atoms with Gasteiger partial charge in [0.25, 0.3) is 5.91 Å². The number of primary amides is 1. The van der Waals surface area contributed by atoms with E-state index in [0.717, 1.165) is 24.0 Å². The van der Waals surface area contributed by atoms with Gasteiger partial charge in [0.05, 0.1) is 25.3 Å². The zero-order valence-electron chi connectivity index (χ0n) is 31.2. The maximum Gasteiger partial charge on any atom is 0.407 e. The predicted molar refractivity (Wildman–Crippen MR) is 194 cm³/mol. The fourth-order valence-corrected chi connectivity index (χ4v) is 6.56. The number of carbonyl (C=O) groups is 4. The highest BCUT2D eigenvalue weighted by Crippen LogP contribution is 2.35. The molecule has 1 aromatic carbocycles. The summed E-state index contributed by atoms with van der Waals surface area (Å²) in [5, 5.41) is 2.59. The number of nitrogens with zero attached hydrogens (tertiary/aromatic N) is 4. The summed E-state index contributed by atoms with van der Waals surface area (Å²) in [6.07, 6.45) is 3.23. The maximum atomic E-state index is 13.6. The molecule has 286 valence electrons. The summed E-state index contributed by atoms with van der Waals surface area (Å²) in [5.74, 6) is 12.9. The van der Waals surface area contributed by atoms with Gasteiger partial charge in [-0.2, -0.15) is 0 Å². The molecule has 54 heavy (non-hydrogen) atoms. The van der Waals surface area contributed by atoms with Crippen LogP contribution in [-0.4, -0.2) is 112 Å². The molecule has 2 aliphatic heterocycles. The van der Waals surface area contributed by atoms with Gasteiger partial charge in [-0.25, -0.2) is 19.6 Å². The number of ether oxygens (including phenoxy) is 4. The van der Waals surface area contributed by atoms with Crippen molar-refractivity contribution >= 4 is 24.0 Å². The maximum absolute atomic E-state index is 13.6. The van der Waals surface area contributed by atoms with E-state index in [1.165, 1.54) is 28.3 Å². The lowest BCUT2D eigenvalue weighted by molar-refractivity contribution is -0.163. The van der Waals surface area contributed by atoms with Crippen LogP contribution in [0.1, 0.15) is 92.7 Å². The van der Waals surface area contributed by atoms with Crippen molar-refractivity contribution in [2.24, 2.45) is 5.73 Å². The number of methoxy groups -OCH3 is 3. The van der Waals surface area contributed by atoms with Crippen LogP contribution in [0.25, 0.3) is 0 Å². The summed E-state index contributed by atoms with van der Waals surface area (Å²) >= 11 is 0. The molecule has 0 radical (unpaired) electrons. The summed E-state index contributed by atoms with van der Waals surface area (Å²) in [6.45, 7) is 5.83. The molecule has 2 fully saturated rings. The van der Waals surface area contributed by atoms with Gasteiger partial charge in [0.2, 0.25) is 11.5 Å². The van der Waals surface area contributed by atoms with Crippen LogP contribution >= 0.6 is 0 Å². The van der Waals surface area contributed by atoms with Crippen LogP contribution in [0.3, 0.4) is 0 Å². The highest BCUT2D eigenvalue weighted by Gasteiger charge is 2.49. The number of aromatic amines is 2. The van der Waals surface area contributed by atoms with Crippen molar-refractivity contribution in [3.63, 3.8) is 0 Å². The van der Waals surface area contributed by atoms with E-state index in [-0.39, 0.29) is 18.0 Å². The van der Waals surface area contributed by atoms with E-state index >= 15 is 0 Å². The predicted octanol–water partition coefficient (Wildman–Crippen LogP) is 2.91. The molecule has 2 aromatic heterocycles. The summed E-state index contributed by atoms with van der Waals surface area (Å²) in [6, 6.07) is 5.86. The number of amides is 4. The SMILES string of the molecule is COC(=O)N[C@H](C(=O)N1CCC[C@H]1c1nc(C#Cc2ccc(C#Cc3c[nH]c([C@@H]4CCCN4C(=O)[C@@](C)(OC(N)=O)[C@@H](C)OC)n3)cc2)c[nH]1)[C@@H](C)OC. The van der Waals surface area contributed by atoms with Gasteiger partial charge in [-0.05, 0) is 82.6 Å². The first-order chi connectivity index (χ1) is 25.9. The lowest BCUT2D eigenvalue weighted by Gasteiger charge is -2.37. The Bertz CT molecular complexity index is 1950. The highest BCUT2D eigenvalue weighted by molar-refractivity contribution is 5.88. The molecule has 3 aromatic rings. The fourth-order valence-electron chi connectivity index (χ4n) is 6.56. The first-order valence-electron chi connectivity index (χ1n) is 17.6. The molecule has 0 unspecified atom stereocenters. The van der Waals surface area contributed by atoms with Crippen molar-refractivity contribution in [3.8, 4) is 23.7 Å². The molecular weight excluding hydrogens is 696 g/mol. The van der Waals surface area contributed by atoms with Gasteiger partial charge < -0.3 is 49.8 Å². The van der Waals surface area contributed by atoms with Gasteiger partial charge in [-0.1, -0.05) is 11.8 Å². The Balaban J connectivity index is 1.22. The van der Waals surface area contributed by atoms with Crippen molar-refractivity contribution in [2.45, 2.75) is 82.4 Å². The van der Waals surface area contributed by atoms with Crippen LogP contribution in [0.15, 0.2) is 36.7 Å². The molecule has 2 saturated heterocycles. The van der Waals surface area contributed by atoms with Gasteiger partial charge in [0.15, 0.2) is 0 Å². The minimum atomic E-state index is -1.60. The molecule has 0 bridgehead atoms. The number of alkyl carbamates (subject to hydrolysis) is 1. The molecule has 4 amide bonds. The van der Waals surface area contributed by atoms with E-state index in [2.05, 4.69) is 48.9 Å². The van der Waals surface area contributed by atoms with Crippen molar-refractivity contribution in [2.75, 3.05) is 34.4 Å². The molecule has 6 atom stereocenters. The van der Waals surface area contributed by atoms with E-state index in [0.29, 0.717) is 49.0 Å². The number of likely N-dealkylation sites (tertiary alicyclic amines) is 2. The molecular formula is C38H46N8O8. The van der Waals surface area contributed by atoms with Crippen LogP contribution in [0.2, 0.25) is 0 Å². The van der Waals surface area contributed by atoms with Crippen molar-refractivity contribution in [3.05, 3.63) is 70.8 Å². The fraction of sp³-hybridized carbons (Fsp3) is 0.474. The normalized spacial score (nSPS) is 19.3. The minimum absolute atomic E-state index is 0.279. The topological polar surface area (TPSA) is 207 Å². The number of hydrogen-bond acceptors (Lipinski definition) is 10. The first kappa shape index (κ1) is 39.4. The van der Waals surface area contributed by atoms with E-state index in [1.807, 2.05) is 24.3 Å². The molecule has 5 N–H and O–H groups in total. The lowest BCUT2D eigenvalue weighted by atomic mass is 9.97. The van der Waals surface area contributed by atoms with Crippen molar-refractivity contribution < 1.29 is 38.1 Å². The van der Waals surface area contributed by atoms with E-state index in [1.54, 1.807) is 36.0 Å². The average molecular weight is 743 g/mol. The number of imidazole rings is 2. The number of nitrogens with two attached hydrogens (primary N) is 1. The van der Waals surface area contributed by atoms with Crippen LogP contribution in [0.4, 0.5) is 9.59 Å². The van der Waals surface area contributed by atoms with Crippen LogP contribution in [-0.2, 0) is 28.5 Å². The van der Waals surface area contributed by atoms with Gasteiger partial charge in [0.1, 0.15) is 35.2 Å². The second kappa shape index (κ2) is 17.3. The molecule has 5 rings (SSSR count). The van der Waals surface area contributed by atoms with Crippen LogP contribution < -0.4 is 11.1 Å². The molecule has 4 heterocycles. The Morgan fingerprint density at radius 1 is 0.852 bits per heavy atom. The molecule has 16 nitrogen and oxygen atoms in total. The molecule has 2 aliphatic rings. The van der Waals surface area contributed by atoms with E-state index in [9.17, 15) is 19.2 Å². The summed E-state index contributed by atoms with van der Waals surface area (Å²) < 4.78 is 20.7. The standard InChI is InChI=1S/C38H46N8O8/c1-23(51-4)31(44-37(50)53-6)34(47)45-19-7-9-29(45)32-40-21-27(42-32)17-15-25-11-13-26(14-12-25)16-18-28-22-41-33(43-28)30-10-8-20-46(30)35(48)38(3,24(2)52-5)54-36(39)49/h11-14,21-24,29-31H,7-10,19-20H2,1-6H3,(H2,39,49)(H,40,42)(H,41,43)(H,44,50)/t23-,24-,29+,30+,31+,38+/m1/s1. The number of hydrogen-bond donors (Lipinski definition) is 4. The first-order valence-corrected chi connectivity index (χ1v) is 17.6. The van der Waals surface area contributed by atoms with Gasteiger partial charge in [-0.15, -0.1) is 0 Å². The third-order valence-corrected chi connectivity index (χ3v) is 9.86. The Labute approximate surface area is 313 Å². The smallest absolute Gasteiger partial charge is 0.407 e. The monoisotopic (exact) mass is 742 g/mol. The van der Waals surface area contributed by atoms with Crippen molar-refractivity contribution in [1.29, 1.82) is 0 Å². The second-order valence-electron chi connectivity index (χ2n) is 13.2. The Hall–Kier alpha value is -5.84. The third kappa shape index (κ3) is 8.85. The van der Waals surface area contributed by atoms with E-state index in [4.69, 9.17) is 24.7 Å². The number of aromatic nitrogens is 4. The van der Waals surface area contributed by atoms with Crippen molar-refractivity contribution in [1.82, 2.24) is 35.1 Å². The minimum Gasteiger partial charge on any atom is -0.453 e. The Morgan fingerprint density at radius 3 is 1.85 bits per heavy atom. The lowest BCUT2D eigenvalue weighted by Crippen LogP contribution is -2.56. The van der Waals surface area contributed by atoms with E-state index < -0.39 is 41.9 Å². The Kier molecular flexibility index (Phi) is 12.6. The third-order valence-electron chi connectivity index (χ3n) is 9.86. The second-order valence-corrected chi connectivity index (χ2v) is 13.2. The molecule has 16 heteroatoms. The average Bonchev–Trinajstić information content (AvgIpc) is 4.01. The van der Waals surface area contributed by atoms with Gasteiger partial charge >= 0.3 is 12.2 Å².